The number of nitrogen functional groups attached to an aromatic ring is 1. The molecular formula is C9H11N5. The van der Waals surface area contributed by atoms with Crippen LogP contribution in [0, 0.1) is 11.3 Å². The van der Waals surface area contributed by atoms with E-state index in [9.17, 15) is 0 Å². The Morgan fingerprint density at radius 1 is 1.43 bits per heavy atom. The van der Waals surface area contributed by atoms with Gasteiger partial charge in [-0.15, -0.1) is 0 Å². The van der Waals surface area contributed by atoms with Crippen molar-refractivity contribution < 1.29 is 0 Å². The van der Waals surface area contributed by atoms with Crippen molar-refractivity contribution in [2.45, 2.75) is 12.8 Å². The van der Waals surface area contributed by atoms with Crippen LogP contribution in [0.25, 0.3) is 0 Å². The van der Waals surface area contributed by atoms with Crippen molar-refractivity contribution in [3.63, 3.8) is 0 Å². The zero-order valence-electron chi connectivity index (χ0n) is 7.77. The van der Waals surface area contributed by atoms with Gasteiger partial charge < -0.3 is 10.6 Å². The molecule has 0 amide bonds. The van der Waals surface area contributed by atoms with Gasteiger partial charge in [0.1, 0.15) is 17.5 Å². The van der Waals surface area contributed by atoms with E-state index in [1.807, 2.05) is 6.07 Å². The summed E-state index contributed by atoms with van der Waals surface area (Å²) in [5.74, 6) is 0.906. The Morgan fingerprint density at radius 2 is 2.14 bits per heavy atom. The molecule has 0 saturated carbocycles. The maximum Gasteiger partial charge on any atom is 0.227 e. The Hall–Kier alpha value is -1.83. The smallest absolute Gasteiger partial charge is 0.227 e. The monoisotopic (exact) mass is 189 g/mol. The minimum atomic E-state index is 0.268. The number of nitrogens with zero attached hydrogens (tertiary/aromatic N) is 4. The Labute approximate surface area is 82.2 Å². The highest BCUT2D eigenvalue weighted by Crippen LogP contribution is 2.17. The summed E-state index contributed by atoms with van der Waals surface area (Å²) in [6, 6.07) is 1.94. The highest BCUT2D eigenvalue weighted by atomic mass is 15.3. The van der Waals surface area contributed by atoms with E-state index in [2.05, 4.69) is 14.9 Å². The van der Waals surface area contributed by atoms with Crippen LogP contribution >= 0.6 is 0 Å². The summed E-state index contributed by atoms with van der Waals surface area (Å²) >= 11 is 0. The molecule has 1 aliphatic rings. The normalized spacial score (nSPS) is 15.5. The van der Waals surface area contributed by atoms with Crippen LogP contribution < -0.4 is 10.6 Å². The molecule has 1 aromatic rings. The fourth-order valence-corrected chi connectivity index (χ4v) is 1.54. The Bertz CT molecular complexity index is 375. The number of hydrogen-bond donors (Lipinski definition) is 1. The largest absolute Gasteiger partial charge is 0.382 e. The molecule has 1 aliphatic heterocycles. The summed E-state index contributed by atoms with van der Waals surface area (Å²) in [4.78, 5) is 10.3. The van der Waals surface area contributed by atoms with Crippen LogP contribution in [0.4, 0.5) is 11.8 Å². The second-order valence-electron chi connectivity index (χ2n) is 3.27. The molecule has 0 radical (unpaired) electrons. The van der Waals surface area contributed by atoms with E-state index in [0.29, 0.717) is 11.5 Å². The van der Waals surface area contributed by atoms with E-state index >= 15 is 0 Å². The van der Waals surface area contributed by atoms with Gasteiger partial charge in [0.2, 0.25) is 5.95 Å². The SMILES string of the molecule is N#Cc1cnc(N2CCCC2)nc1N. The third kappa shape index (κ3) is 1.46. The first-order chi connectivity index (χ1) is 6.81. The summed E-state index contributed by atoms with van der Waals surface area (Å²) in [6.45, 7) is 1.96. The molecule has 1 saturated heterocycles. The van der Waals surface area contributed by atoms with Crippen LogP contribution in [0.2, 0.25) is 0 Å². The lowest BCUT2D eigenvalue weighted by atomic mass is 10.3. The lowest BCUT2D eigenvalue weighted by Crippen LogP contribution is -2.21. The average molecular weight is 189 g/mol. The van der Waals surface area contributed by atoms with Gasteiger partial charge in [-0.3, -0.25) is 0 Å². The fourth-order valence-electron chi connectivity index (χ4n) is 1.54. The first-order valence-corrected chi connectivity index (χ1v) is 4.59. The number of rotatable bonds is 1. The van der Waals surface area contributed by atoms with E-state index in [1.165, 1.54) is 19.0 Å². The molecule has 0 unspecified atom stereocenters. The van der Waals surface area contributed by atoms with E-state index in [0.717, 1.165) is 13.1 Å². The molecule has 1 aromatic heterocycles. The fraction of sp³-hybridized carbons (Fsp3) is 0.444. The molecule has 0 aliphatic carbocycles. The van der Waals surface area contributed by atoms with Gasteiger partial charge in [-0.25, -0.2) is 4.98 Å². The van der Waals surface area contributed by atoms with Crippen molar-refractivity contribution in [1.82, 2.24) is 9.97 Å². The average Bonchev–Trinajstić information content (AvgIpc) is 2.70. The van der Waals surface area contributed by atoms with E-state index in [4.69, 9.17) is 11.0 Å². The second kappa shape index (κ2) is 3.50. The van der Waals surface area contributed by atoms with E-state index < -0.39 is 0 Å². The van der Waals surface area contributed by atoms with Crippen LogP contribution in [0.1, 0.15) is 18.4 Å². The van der Waals surface area contributed by atoms with Gasteiger partial charge in [0.05, 0.1) is 6.20 Å². The van der Waals surface area contributed by atoms with Crippen LogP contribution in [-0.4, -0.2) is 23.1 Å². The van der Waals surface area contributed by atoms with Gasteiger partial charge in [0, 0.05) is 13.1 Å². The van der Waals surface area contributed by atoms with Gasteiger partial charge in [0.15, 0.2) is 0 Å². The zero-order chi connectivity index (χ0) is 9.97. The van der Waals surface area contributed by atoms with Gasteiger partial charge in [-0.1, -0.05) is 0 Å². The predicted octanol–water partition coefficient (Wildman–Crippen LogP) is 0.531. The topological polar surface area (TPSA) is 78.8 Å². The molecule has 0 aromatic carbocycles. The molecule has 0 atom stereocenters. The minimum absolute atomic E-state index is 0.268. The minimum Gasteiger partial charge on any atom is -0.382 e. The maximum atomic E-state index is 8.65. The Kier molecular flexibility index (Phi) is 2.19. The van der Waals surface area contributed by atoms with Gasteiger partial charge >= 0.3 is 0 Å². The Balaban J connectivity index is 2.28. The lowest BCUT2D eigenvalue weighted by Gasteiger charge is -2.14. The van der Waals surface area contributed by atoms with Gasteiger partial charge in [-0.2, -0.15) is 10.2 Å². The number of hydrogen-bond acceptors (Lipinski definition) is 5. The number of anilines is 2. The van der Waals surface area contributed by atoms with Crippen LogP contribution in [0.15, 0.2) is 6.20 Å². The van der Waals surface area contributed by atoms with Crippen molar-refractivity contribution in [2.75, 3.05) is 23.7 Å². The number of nitriles is 1. The standard InChI is InChI=1S/C9H11N5/c10-5-7-6-12-9(13-8(7)11)14-3-1-2-4-14/h6H,1-4H2,(H2,11,12,13). The van der Waals surface area contributed by atoms with Crippen molar-refractivity contribution >= 4 is 11.8 Å². The lowest BCUT2D eigenvalue weighted by molar-refractivity contribution is 0.899. The molecule has 2 N–H and O–H groups in total. The summed E-state index contributed by atoms with van der Waals surface area (Å²) in [6.07, 6.45) is 3.82. The number of nitrogens with two attached hydrogens (primary N) is 1. The molecule has 72 valence electrons. The molecule has 2 heterocycles. The molecule has 14 heavy (non-hydrogen) atoms. The van der Waals surface area contributed by atoms with Crippen LogP contribution in [-0.2, 0) is 0 Å². The van der Waals surface area contributed by atoms with Crippen LogP contribution in [0.3, 0.4) is 0 Å². The predicted molar refractivity (Wildman–Crippen MR) is 52.6 cm³/mol. The molecule has 2 rings (SSSR count). The van der Waals surface area contributed by atoms with E-state index in [1.54, 1.807) is 0 Å². The van der Waals surface area contributed by atoms with E-state index in [-0.39, 0.29) is 5.82 Å². The highest BCUT2D eigenvalue weighted by Gasteiger charge is 2.15. The second-order valence-corrected chi connectivity index (χ2v) is 3.27. The molecule has 0 bridgehead atoms. The van der Waals surface area contributed by atoms with Crippen molar-refractivity contribution in [1.29, 1.82) is 5.26 Å². The summed E-state index contributed by atoms with van der Waals surface area (Å²) < 4.78 is 0. The zero-order valence-corrected chi connectivity index (χ0v) is 7.77. The molecule has 5 nitrogen and oxygen atoms in total. The molecule has 1 fully saturated rings. The maximum absolute atomic E-state index is 8.65. The summed E-state index contributed by atoms with van der Waals surface area (Å²) in [5, 5.41) is 8.65. The van der Waals surface area contributed by atoms with Gasteiger partial charge in [-0.05, 0) is 12.8 Å². The molecule has 0 spiro atoms. The molecule has 5 heteroatoms. The third-order valence-electron chi connectivity index (χ3n) is 2.31. The Morgan fingerprint density at radius 3 is 2.71 bits per heavy atom. The van der Waals surface area contributed by atoms with Gasteiger partial charge in [0.25, 0.3) is 0 Å². The first-order valence-electron chi connectivity index (χ1n) is 4.59. The highest BCUT2D eigenvalue weighted by molar-refractivity contribution is 5.50. The van der Waals surface area contributed by atoms with Crippen molar-refractivity contribution in [3.05, 3.63) is 11.8 Å². The quantitative estimate of drug-likeness (QED) is 0.697. The third-order valence-corrected chi connectivity index (χ3v) is 2.31. The summed E-state index contributed by atoms with van der Waals surface area (Å²) in [7, 11) is 0. The van der Waals surface area contributed by atoms with Crippen LogP contribution in [0.5, 0.6) is 0 Å². The van der Waals surface area contributed by atoms with Crippen molar-refractivity contribution in [2.24, 2.45) is 0 Å². The van der Waals surface area contributed by atoms with Crippen molar-refractivity contribution in [3.8, 4) is 6.07 Å². The number of aromatic nitrogens is 2. The summed E-state index contributed by atoms with van der Waals surface area (Å²) in [5.41, 5.74) is 5.94. The first kappa shape index (κ1) is 8.75. The molecular weight excluding hydrogens is 178 g/mol.